The number of ether oxygens (including phenoxy) is 1. The maximum atomic E-state index is 12.4. The first-order chi connectivity index (χ1) is 11.4. The normalized spacial score (nSPS) is 9.96. The van der Waals surface area contributed by atoms with Crippen molar-refractivity contribution in [1.29, 1.82) is 0 Å². The second-order valence-electron chi connectivity index (χ2n) is 5.20. The highest BCUT2D eigenvalue weighted by Crippen LogP contribution is 2.21. The second kappa shape index (κ2) is 7.41. The van der Waals surface area contributed by atoms with Crippen molar-refractivity contribution < 1.29 is 19.1 Å². The van der Waals surface area contributed by atoms with E-state index in [1.54, 1.807) is 49.4 Å². The van der Waals surface area contributed by atoms with E-state index in [1.165, 1.54) is 14.0 Å². The van der Waals surface area contributed by atoms with Gasteiger partial charge >= 0.3 is 5.97 Å². The molecule has 2 aromatic carbocycles. The van der Waals surface area contributed by atoms with Crippen molar-refractivity contribution >= 4 is 29.2 Å². The number of nitrogens with one attached hydrogen (secondary N) is 2. The Morgan fingerprint density at radius 1 is 0.958 bits per heavy atom. The molecule has 6 heteroatoms. The molecule has 0 fully saturated rings. The Balaban J connectivity index is 2.22. The van der Waals surface area contributed by atoms with E-state index in [4.69, 9.17) is 4.74 Å². The van der Waals surface area contributed by atoms with E-state index in [2.05, 4.69) is 10.6 Å². The molecule has 2 N–H and O–H groups in total. The zero-order valence-corrected chi connectivity index (χ0v) is 13.7. The highest BCUT2D eigenvalue weighted by molar-refractivity contribution is 6.08. The van der Waals surface area contributed by atoms with Crippen LogP contribution in [-0.2, 0) is 9.53 Å². The van der Waals surface area contributed by atoms with Crippen LogP contribution >= 0.6 is 0 Å². The van der Waals surface area contributed by atoms with Gasteiger partial charge in [0, 0.05) is 18.2 Å². The first-order valence-electron chi connectivity index (χ1n) is 7.29. The number of amides is 2. The number of carbonyl (C=O) groups excluding carboxylic acids is 3. The molecule has 2 aromatic rings. The van der Waals surface area contributed by atoms with Gasteiger partial charge in [-0.15, -0.1) is 0 Å². The Bertz CT molecular complexity index is 782. The Hall–Kier alpha value is -3.15. The Kier molecular flexibility index (Phi) is 5.31. The van der Waals surface area contributed by atoms with E-state index < -0.39 is 5.97 Å². The van der Waals surface area contributed by atoms with Crippen LogP contribution in [0.2, 0.25) is 0 Å². The Morgan fingerprint density at radius 2 is 1.62 bits per heavy atom. The summed E-state index contributed by atoms with van der Waals surface area (Å²) in [6.45, 7) is 3.18. The number of carbonyl (C=O) groups is 3. The van der Waals surface area contributed by atoms with Crippen LogP contribution in [0.1, 0.15) is 33.2 Å². The van der Waals surface area contributed by atoms with E-state index in [1.807, 2.05) is 0 Å². The molecule has 6 nitrogen and oxygen atoms in total. The third-order valence-corrected chi connectivity index (χ3v) is 3.38. The van der Waals surface area contributed by atoms with Crippen LogP contribution in [0.15, 0.2) is 42.5 Å². The van der Waals surface area contributed by atoms with Crippen LogP contribution in [0.3, 0.4) is 0 Å². The minimum atomic E-state index is -0.510. The molecule has 0 saturated carbocycles. The molecular formula is C18H18N2O4. The van der Waals surface area contributed by atoms with E-state index in [9.17, 15) is 14.4 Å². The lowest BCUT2D eigenvalue weighted by atomic mass is 10.1. The zero-order valence-electron chi connectivity index (χ0n) is 13.7. The van der Waals surface area contributed by atoms with Crippen LogP contribution in [0, 0.1) is 6.92 Å². The maximum Gasteiger partial charge on any atom is 0.340 e. The number of benzene rings is 2. The summed E-state index contributed by atoms with van der Waals surface area (Å²) >= 11 is 0. The molecule has 0 bridgehead atoms. The fourth-order valence-corrected chi connectivity index (χ4v) is 2.25. The summed E-state index contributed by atoms with van der Waals surface area (Å²) in [6.07, 6.45) is 0. The van der Waals surface area contributed by atoms with Crippen molar-refractivity contribution in [3.05, 3.63) is 59.2 Å². The molecule has 2 amide bonds. The molecule has 24 heavy (non-hydrogen) atoms. The average molecular weight is 326 g/mol. The van der Waals surface area contributed by atoms with E-state index in [0.717, 1.165) is 0 Å². The van der Waals surface area contributed by atoms with Gasteiger partial charge in [-0.3, -0.25) is 9.59 Å². The molecule has 0 aliphatic heterocycles. The second-order valence-corrected chi connectivity index (χ2v) is 5.20. The summed E-state index contributed by atoms with van der Waals surface area (Å²) < 4.78 is 4.77. The number of hydrogen-bond acceptors (Lipinski definition) is 4. The van der Waals surface area contributed by atoms with Gasteiger partial charge in [0.15, 0.2) is 0 Å². The third-order valence-electron chi connectivity index (χ3n) is 3.38. The molecule has 0 heterocycles. The van der Waals surface area contributed by atoms with Crippen molar-refractivity contribution in [1.82, 2.24) is 0 Å². The van der Waals surface area contributed by atoms with Crippen LogP contribution in [0.5, 0.6) is 0 Å². The standard InChI is InChI=1S/C18H18N2O4/c1-11-5-4-6-15(16(11)18(23)24-3)20-17(22)13-7-9-14(10-8-13)19-12(2)21/h4-10H,1-3H3,(H,19,21)(H,20,22). The lowest BCUT2D eigenvalue weighted by molar-refractivity contribution is -0.114. The highest BCUT2D eigenvalue weighted by Gasteiger charge is 2.17. The topological polar surface area (TPSA) is 84.5 Å². The average Bonchev–Trinajstić information content (AvgIpc) is 2.54. The molecular weight excluding hydrogens is 308 g/mol. The Labute approximate surface area is 139 Å². The minimum Gasteiger partial charge on any atom is -0.465 e. The van der Waals surface area contributed by atoms with Crippen LogP contribution < -0.4 is 10.6 Å². The third kappa shape index (κ3) is 3.98. The van der Waals surface area contributed by atoms with Crippen molar-refractivity contribution in [2.45, 2.75) is 13.8 Å². The summed E-state index contributed by atoms with van der Waals surface area (Å²) in [5.41, 5.74) is 2.42. The highest BCUT2D eigenvalue weighted by atomic mass is 16.5. The van der Waals surface area contributed by atoms with Gasteiger partial charge in [-0.05, 0) is 42.8 Å². The number of hydrogen-bond donors (Lipinski definition) is 2. The van der Waals surface area contributed by atoms with Gasteiger partial charge in [-0.1, -0.05) is 12.1 Å². The molecule has 0 radical (unpaired) electrons. The summed E-state index contributed by atoms with van der Waals surface area (Å²) in [5, 5.41) is 5.34. The van der Waals surface area contributed by atoms with Crippen molar-refractivity contribution in [2.75, 3.05) is 17.7 Å². The first kappa shape index (κ1) is 17.2. The van der Waals surface area contributed by atoms with Gasteiger partial charge in [0.2, 0.25) is 5.91 Å². The summed E-state index contributed by atoms with van der Waals surface area (Å²) in [4.78, 5) is 35.3. The molecule has 0 aromatic heterocycles. The van der Waals surface area contributed by atoms with Crippen molar-refractivity contribution in [2.24, 2.45) is 0 Å². The number of rotatable bonds is 4. The monoisotopic (exact) mass is 326 g/mol. The first-order valence-corrected chi connectivity index (χ1v) is 7.29. The molecule has 0 unspecified atom stereocenters. The summed E-state index contributed by atoms with van der Waals surface area (Å²) in [6, 6.07) is 11.6. The van der Waals surface area contributed by atoms with Crippen molar-refractivity contribution in [3.63, 3.8) is 0 Å². The fraction of sp³-hybridized carbons (Fsp3) is 0.167. The maximum absolute atomic E-state index is 12.4. The molecule has 124 valence electrons. The lowest BCUT2D eigenvalue weighted by Crippen LogP contribution is -2.16. The van der Waals surface area contributed by atoms with Gasteiger partial charge in [0.25, 0.3) is 5.91 Å². The predicted octanol–water partition coefficient (Wildman–Crippen LogP) is 2.99. The van der Waals surface area contributed by atoms with Gasteiger partial charge < -0.3 is 15.4 Å². The molecule has 0 aliphatic rings. The van der Waals surface area contributed by atoms with Crippen molar-refractivity contribution in [3.8, 4) is 0 Å². The molecule has 2 rings (SSSR count). The number of anilines is 2. The van der Waals surface area contributed by atoms with E-state index in [-0.39, 0.29) is 11.8 Å². The summed E-state index contributed by atoms with van der Waals surface area (Å²) in [7, 11) is 1.29. The lowest BCUT2D eigenvalue weighted by Gasteiger charge is -2.12. The predicted molar refractivity (Wildman–Crippen MR) is 91.2 cm³/mol. The minimum absolute atomic E-state index is 0.185. The largest absolute Gasteiger partial charge is 0.465 e. The number of esters is 1. The summed E-state index contributed by atoms with van der Waals surface area (Å²) in [5.74, 6) is -1.06. The van der Waals surface area contributed by atoms with Gasteiger partial charge in [0.05, 0.1) is 18.4 Å². The SMILES string of the molecule is COC(=O)c1c(C)cccc1NC(=O)c1ccc(NC(C)=O)cc1. The van der Waals surface area contributed by atoms with Crippen LogP contribution in [0.4, 0.5) is 11.4 Å². The van der Waals surface area contributed by atoms with E-state index >= 15 is 0 Å². The zero-order chi connectivity index (χ0) is 17.7. The fourth-order valence-electron chi connectivity index (χ4n) is 2.25. The Morgan fingerprint density at radius 3 is 2.21 bits per heavy atom. The van der Waals surface area contributed by atoms with Crippen LogP contribution in [0.25, 0.3) is 0 Å². The molecule has 0 aliphatic carbocycles. The molecule has 0 atom stereocenters. The smallest absolute Gasteiger partial charge is 0.340 e. The quantitative estimate of drug-likeness (QED) is 0.846. The van der Waals surface area contributed by atoms with Gasteiger partial charge in [0.1, 0.15) is 0 Å². The van der Waals surface area contributed by atoms with Crippen LogP contribution in [-0.4, -0.2) is 24.9 Å². The molecule has 0 saturated heterocycles. The van der Waals surface area contributed by atoms with Gasteiger partial charge in [-0.25, -0.2) is 4.79 Å². The van der Waals surface area contributed by atoms with E-state index in [0.29, 0.717) is 28.1 Å². The molecule has 0 spiro atoms. The number of methoxy groups -OCH3 is 1. The number of aryl methyl sites for hydroxylation is 1. The van der Waals surface area contributed by atoms with Gasteiger partial charge in [-0.2, -0.15) is 0 Å².